The summed E-state index contributed by atoms with van der Waals surface area (Å²) in [4.78, 5) is 9.50. The summed E-state index contributed by atoms with van der Waals surface area (Å²) in [5.74, 6) is 0. The van der Waals surface area contributed by atoms with Crippen molar-refractivity contribution in [2.75, 3.05) is 0 Å². The molecule has 0 saturated heterocycles. The van der Waals surface area contributed by atoms with Crippen LogP contribution in [0.5, 0.6) is 0 Å². The van der Waals surface area contributed by atoms with Crippen LogP contribution in [-0.2, 0) is 5.41 Å². The molecule has 1 aliphatic carbocycles. The molecule has 3 aromatic carbocycles. The van der Waals surface area contributed by atoms with Gasteiger partial charge in [-0.1, -0.05) is 74.5 Å². The van der Waals surface area contributed by atoms with Crippen molar-refractivity contribution in [2.45, 2.75) is 19.3 Å². The van der Waals surface area contributed by atoms with Gasteiger partial charge in [-0.2, -0.15) is 0 Å². The van der Waals surface area contributed by atoms with E-state index in [1.807, 2.05) is 18.6 Å². The van der Waals surface area contributed by atoms with Gasteiger partial charge in [0.15, 0.2) is 0 Å². The summed E-state index contributed by atoms with van der Waals surface area (Å²) in [5.41, 5.74) is 7.16. The highest BCUT2D eigenvalue weighted by atomic mass is 14.7. The molecule has 6 rings (SSSR count). The number of rotatable bonds is 1. The molecule has 0 N–H and O–H groups in total. The van der Waals surface area contributed by atoms with Gasteiger partial charge in [-0.05, 0) is 39.1 Å². The van der Waals surface area contributed by atoms with Crippen LogP contribution >= 0.6 is 0 Å². The highest BCUT2D eigenvalue weighted by molar-refractivity contribution is 6.05. The number of aromatic nitrogens is 2. The van der Waals surface area contributed by atoms with E-state index in [0.29, 0.717) is 0 Å². The van der Waals surface area contributed by atoms with Crippen LogP contribution in [0.4, 0.5) is 0 Å². The second-order valence-corrected chi connectivity index (χ2v) is 8.37. The Kier molecular flexibility index (Phi) is 3.25. The maximum atomic E-state index is 4.95. The molecular weight excluding hydrogens is 352 g/mol. The van der Waals surface area contributed by atoms with E-state index in [-0.39, 0.29) is 5.41 Å². The van der Waals surface area contributed by atoms with E-state index in [0.717, 1.165) is 5.69 Å². The number of hydrogen-bond donors (Lipinski definition) is 0. The fourth-order valence-electron chi connectivity index (χ4n) is 4.90. The number of nitrogens with zero attached hydrogens (tertiary/aromatic N) is 2. The van der Waals surface area contributed by atoms with Gasteiger partial charge in [-0.25, -0.2) is 0 Å². The minimum absolute atomic E-state index is 0.183. The molecule has 138 valence electrons. The number of benzene rings is 3. The third kappa shape index (κ3) is 2.23. The Labute approximate surface area is 169 Å². The first-order valence-corrected chi connectivity index (χ1v) is 10.0. The maximum absolute atomic E-state index is 4.95. The zero-order chi connectivity index (χ0) is 19.6. The lowest BCUT2D eigenvalue weighted by Crippen LogP contribution is -2.25. The van der Waals surface area contributed by atoms with E-state index in [9.17, 15) is 0 Å². The zero-order valence-electron chi connectivity index (χ0n) is 16.5. The molecular formula is C27H20N2. The van der Waals surface area contributed by atoms with Gasteiger partial charge < -0.3 is 0 Å². The summed E-state index contributed by atoms with van der Waals surface area (Å²) in [6, 6.07) is 23.7. The summed E-state index contributed by atoms with van der Waals surface area (Å²) < 4.78 is 0. The Morgan fingerprint density at radius 2 is 1.59 bits per heavy atom. The quantitative estimate of drug-likeness (QED) is 0.325. The second kappa shape index (κ2) is 5.74. The van der Waals surface area contributed by atoms with E-state index in [4.69, 9.17) is 4.98 Å². The van der Waals surface area contributed by atoms with Crippen LogP contribution in [-0.4, -0.2) is 9.97 Å². The van der Waals surface area contributed by atoms with Gasteiger partial charge in [0.1, 0.15) is 0 Å². The van der Waals surface area contributed by atoms with Gasteiger partial charge in [0.2, 0.25) is 0 Å². The van der Waals surface area contributed by atoms with Crippen molar-refractivity contribution < 1.29 is 0 Å². The molecule has 0 fully saturated rings. The predicted octanol–water partition coefficient (Wildman–Crippen LogP) is 6.76. The van der Waals surface area contributed by atoms with Gasteiger partial charge in [0.25, 0.3) is 0 Å². The molecule has 0 unspecified atom stereocenters. The van der Waals surface area contributed by atoms with Gasteiger partial charge in [-0.15, -0.1) is 0 Å². The lowest BCUT2D eigenvalue weighted by atomic mass is 9.69. The summed E-state index contributed by atoms with van der Waals surface area (Å²) in [6.07, 6.45) is 6.01. The van der Waals surface area contributed by atoms with Crippen LogP contribution in [0.1, 0.15) is 25.0 Å². The molecule has 29 heavy (non-hydrogen) atoms. The lowest BCUT2D eigenvalue weighted by Gasteiger charge is -2.35. The summed E-state index contributed by atoms with van der Waals surface area (Å²) in [5, 5.41) is 4.91. The van der Waals surface area contributed by atoms with E-state index < -0.39 is 0 Å². The van der Waals surface area contributed by atoms with Crippen LogP contribution in [0.3, 0.4) is 0 Å². The first-order chi connectivity index (χ1) is 14.1. The molecule has 0 saturated carbocycles. The number of hydrogen-bond acceptors (Lipinski definition) is 2. The van der Waals surface area contributed by atoms with Gasteiger partial charge in [0, 0.05) is 40.3 Å². The standard InChI is InChI=1S/C27H20N2/c1-27(2)23-16-28-14-20-9-6-10-21(24(20)23)26-25(27)22-13-18(11-12-19(22)15-29-26)17-7-4-3-5-8-17/h3-16H,1-2H3. The first kappa shape index (κ1) is 16.4. The molecule has 0 radical (unpaired) electrons. The Bertz CT molecular complexity index is 1410. The van der Waals surface area contributed by atoms with Crippen LogP contribution in [0.2, 0.25) is 0 Å². The second-order valence-electron chi connectivity index (χ2n) is 8.37. The highest BCUT2D eigenvalue weighted by Crippen LogP contribution is 2.49. The molecule has 0 amide bonds. The van der Waals surface area contributed by atoms with Crippen LogP contribution in [0.15, 0.2) is 85.3 Å². The molecule has 0 spiro atoms. The van der Waals surface area contributed by atoms with Crippen LogP contribution in [0, 0.1) is 0 Å². The molecule has 5 aromatic rings. The number of fused-ring (bicyclic) bond motifs is 4. The average molecular weight is 372 g/mol. The fourth-order valence-corrected chi connectivity index (χ4v) is 4.90. The molecule has 2 aromatic heterocycles. The smallest absolute Gasteiger partial charge is 0.0755 e. The summed E-state index contributed by atoms with van der Waals surface area (Å²) in [7, 11) is 0. The Hall–Kier alpha value is -3.52. The monoisotopic (exact) mass is 372 g/mol. The minimum atomic E-state index is -0.183. The van der Waals surface area contributed by atoms with Crippen LogP contribution < -0.4 is 0 Å². The van der Waals surface area contributed by atoms with Crippen LogP contribution in [0.25, 0.3) is 43.9 Å². The summed E-state index contributed by atoms with van der Waals surface area (Å²) in [6.45, 7) is 4.60. The predicted molar refractivity (Wildman–Crippen MR) is 120 cm³/mol. The Balaban J connectivity index is 1.74. The largest absolute Gasteiger partial charge is 0.264 e. The summed E-state index contributed by atoms with van der Waals surface area (Å²) >= 11 is 0. The number of pyridine rings is 2. The third-order valence-electron chi connectivity index (χ3n) is 6.34. The van der Waals surface area contributed by atoms with Crippen molar-refractivity contribution in [3.8, 4) is 22.4 Å². The molecule has 0 atom stereocenters. The van der Waals surface area contributed by atoms with E-state index >= 15 is 0 Å². The normalized spacial score (nSPS) is 14.1. The Morgan fingerprint density at radius 1 is 0.724 bits per heavy atom. The highest BCUT2D eigenvalue weighted by Gasteiger charge is 2.36. The fraction of sp³-hybridized carbons (Fsp3) is 0.111. The van der Waals surface area contributed by atoms with Gasteiger partial charge in [0.05, 0.1) is 5.69 Å². The Morgan fingerprint density at radius 3 is 2.45 bits per heavy atom. The molecule has 2 heterocycles. The third-order valence-corrected chi connectivity index (χ3v) is 6.34. The maximum Gasteiger partial charge on any atom is 0.0755 e. The molecule has 0 aliphatic heterocycles. The van der Waals surface area contributed by atoms with E-state index in [2.05, 4.69) is 85.6 Å². The average Bonchev–Trinajstić information content (AvgIpc) is 2.77. The van der Waals surface area contributed by atoms with Crippen molar-refractivity contribution in [1.82, 2.24) is 9.97 Å². The molecule has 1 aliphatic rings. The van der Waals surface area contributed by atoms with Gasteiger partial charge >= 0.3 is 0 Å². The topological polar surface area (TPSA) is 25.8 Å². The first-order valence-electron chi connectivity index (χ1n) is 10.0. The van der Waals surface area contributed by atoms with E-state index in [1.165, 1.54) is 49.4 Å². The molecule has 0 bridgehead atoms. The van der Waals surface area contributed by atoms with Crippen molar-refractivity contribution in [2.24, 2.45) is 0 Å². The van der Waals surface area contributed by atoms with Crippen molar-refractivity contribution >= 4 is 21.5 Å². The van der Waals surface area contributed by atoms with Crippen molar-refractivity contribution in [3.63, 3.8) is 0 Å². The van der Waals surface area contributed by atoms with Gasteiger partial charge in [-0.3, -0.25) is 9.97 Å². The zero-order valence-corrected chi connectivity index (χ0v) is 16.5. The lowest BCUT2D eigenvalue weighted by molar-refractivity contribution is 0.645. The SMILES string of the molecule is CC1(C)c2c(ncc3ccc(-c4ccccc4)cc23)-c2cccc3cncc1c23. The van der Waals surface area contributed by atoms with E-state index in [1.54, 1.807) is 0 Å². The van der Waals surface area contributed by atoms with Crippen molar-refractivity contribution in [3.05, 3.63) is 96.4 Å². The minimum Gasteiger partial charge on any atom is -0.264 e. The molecule has 2 heteroatoms. The van der Waals surface area contributed by atoms with Crippen molar-refractivity contribution in [1.29, 1.82) is 0 Å². The molecule has 2 nitrogen and oxygen atoms in total.